The van der Waals surface area contributed by atoms with E-state index in [9.17, 15) is 9.59 Å². The molecule has 1 aromatic rings. The summed E-state index contributed by atoms with van der Waals surface area (Å²) >= 11 is 0. The van der Waals surface area contributed by atoms with Gasteiger partial charge >= 0.3 is 0 Å². The Morgan fingerprint density at radius 3 is 2.69 bits per heavy atom. The Balaban J connectivity index is 2.89. The van der Waals surface area contributed by atoms with Crippen molar-refractivity contribution in [3.63, 3.8) is 0 Å². The second kappa shape index (κ2) is 3.94. The molecule has 0 radical (unpaired) electrons. The van der Waals surface area contributed by atoms with E-state index in [0.29, 0.717) is 5.56 Å². The first-order valence-electron chi connectivity index (χ1n) is 4.04. The summed E-state index contributed by atoms with van der Waals surface area (Å²) in [6.07, 6.45) is 3.09. The quantitative estimate of drug-likeness (QED) is 0.520. The number of nitrogens with zero attached hydrogens (tertiary/aromatic N) is 1. The zero-order chi connectivity index (χ0) is 9.84. The first-order valence-corrected chi connectivity index (χ1v) is 4.04. The minimum atomic E-state index is -0.155. The number of aromatic nitrogens is 1. The lowest BCUT2D eigenvalue weighted by Gasteiger charge is -2.00. The fourth-order valence-corrected chi connectivity index (χ4v) is 1.08. The van der Waals surface area contributed by atoms with Gasteiger partial charge in [0, 0.05) is 18.0 Å². The highest BCUT2D eigenvalue weighted by atomic mass is 16.1. The van der Waals surface area contributed by atoms with Gasteiger partial charge in [0.25, 0.3) is 0 Å². The first kappa shape index (κ1) is 9.58. The lowest BCUT2D eigenvalue weighted by molar-refractivity contribution is -0.116. The predicted molar refractivity (Wildman–Crippen MR) is 48.6 cm³/mol. The molecule has 0 aliphatic carbocycles. The Morgan fingerprint density at radius 2 is 2.15 bits per heavy atom. The molecule has 0 fully saturated rings. The summed E-state index contributed by atoms with van der Waals surface area (Å²) in [5, 5.41) is 0. The van der Waals surface area contributed by atoms with E-state index >= 15 is 0 Å². The van der Waals surface area contributed by atoms with E-state index in [1.165, 1.54) is 13.1 Å². The van der Waals surface area contributed by atoms with Gasteiger partial charge in [-0.2, -0.15) is 0 Å². The standard InChI is InChI=1S/C10H11NO2/c1-7-3-4-11-6-9(7)10(13)5-8(2)12/h3-4,6H,5H2,1-2H3. The number of hydrogen-bond acceptors (Lipinski definition) is 3. The highest BCUT2D eigenvalue weighted by molar-refractivity contribution is 6.07. The third-order valence-electron chi connectivity index (χ3n) is 1.75. The van der Waals surface area contributed by atoms with Crippen molar-refractivity contribution < 1.29 is 9.59 Å². The van der Waals surface area contributed by atoms with E-state index in [1.807, 2.05) is 6.92 Å². The van der Waals surface area contributed by atoms with Crippen molar-refractivity contribution in [2.75, 3.05) is 0 Å². The lowest BCUT2D eigenvalue weighted by atomic mass is 10.0. The number of Topliss-reactive ketones (excluding diaryl/α,β-unsaturated/α-hetero) is 2. The van der Waals surface area contributed by atoms with E-state index < -0.39 is 0 Å². The Labute approximate surface area is 76.8 Å². The second-order valence-corrected chi connectivity index (χ2v) is 2.99. The van der Waals surface area contributed by atoms with Gasteiger partial charge in [-0.25, -0.2) is 0 Å². The summed E-state index contributed by atoms with van der Waals surface area (Å²) in [6, 6.07) is 1.76. The van der Waals surface area contributed by atoms with E-state index in [0.717, 1.165) is 5.56 Å². The molecule has 3 nitrogen and oxygen atoms in total. The predicted octanol–water partition coefficient (Wildman–Crippen LogP) is 1.55. The molecule has 1 rings (SSSR count). The van der Waals surface area contributed by atoms with Crippen molar-refractivity contribution in [3.05, 3.63) is 29.6 Å². The van der Waals surface area contributed by atoms with Gasteiger partial charge in [0.1, 0.15) is 5.78 Å². The minimum absolute atomic E-state index is 0.0352. The smallest absolute Gasteiger partial charge is 0.172 e. The topological polar surface area (TPSA) is 47.0 Å². The molecule has 3 heteroatoms. The summed E-state index contributed by atoms with van der Waals surface area (Å²) < 4.78 is 0. The molecule has 13 heavy (non-hydrogen) atoms. The summed E-state index contributed by atoms with van der Waals surface area (Å²) in [7, 11) is 0. The fourth-order valence-electron chi connectivity index (χ4n) is 1.08. The normalized spacial score (nSPS) is 9.69. The van der Waals surface area contributed by atoms with Gasteiger partial charge in [0.15, 0.2) is 5.78 Å². The number of rotatable bonds is 3. The lowest BCUT2D eigenvalue weighted by Crippen LogP contribution is -2.06. The van der Waals surface area contributed by atoms with Crippen LogP contribution in [0.5, 0.6) is 0 Å². The molecule has 0 atom stereocenters. The zero-order valence-corrected chi connectivity index (χ0v) is 7.70. The molecule has 68 valence electrons. The van der Waals surface area contributed by atoms with Crippen LogP contribution in [0.1, 0.15) is 29.3 Å². The Kier molecular flexibility index (Phi) is 2.90. The summed E-state index contributed by atoms with van der Waals surface area (Å²) in [5.74, 6) is -0.272. The zero-order valence-electron chi connectivity index (χ0n) is 7.70. The van der Waals surface area contributed by atoms with Crippen LogP contribution < -0.4 is 0 Å². The van der Waals surface area contributed by atoms with Crippen molar-refractivity contribution in [2.45, 2.75) is 20.3 Å². The number of ketones is 2. The third-order valence-corrected chi connectivity index (χ3v) is 1.75. The van der Waals surface area contributed by atoms with Crippen LogP contribution in [0, 0.1) is 6.92 Å². The van der Waals surface area contributed by atoms with Crippen LogP contribution in [0.3, 0.4) is 0 Å². The van der Waals surface area contributed by atoms with Crippen LogP contribution in [0.2, 0.25) is 0 Å². The number of pyridine rings is 1. The highest BCUT2D eigenvalue weighted by Gasteiger charge is 2.10. The summed E-state index contributed by atoms with van der Waals surface area (Å²) in [5.41, 5.74) is 1.40. The van der Waals surface area contributed by atoms with E-state index in [1.54, 1.807) is 12.3 Å². The molecule has 0 N–H and O–H groups in total. The molecule has 0 unspecified atom stereocenters. The number of hydrogen-bond donors (Lipinski definition) is 0. The molecule has 0 saturated heterocycles. The average Bonchev–Trinajstić information content (AvgIpc) is 2.03. The van der Waals surface area contributed by atoms with Crippen molar-refractivity contribution in [3.8, 4) is 0 Å². The maximum atomic E-state index is 11.4. The first-order chi connectivity index (χ1) is 6.11. The average molecular weight is 177 g/mol. The molecule has 0 aliphatic rings. The Morgan fingerprint density at radius 1 is 1.46 bits per heavy atom. The molecule has 0 amide bonds. The van der Waals surface area contributed by atoms with Gasteiger partial charge in [-0.05, 0) is 25.5 Å². The molecule has 1 aromatic heterocycles. The van der Waals surface area contributed by atoms with E-state index in [-0.39, 0.29) is 18.0 Å². The number of carbonyl (C=O) groups excluding carboxylic acids is 2. The molecular formula is C10H11NO2. The van der Waals surface area contributed by atoms with Crippen LogP contribution >= 0.6 is 0 Å². The van der Waals surface area contributed by atoms with E-state index in [4.69, 9.17) is 0 Å². The summed E-state index contributed by atoms with van der Waals surface area (Å²) in [6.45, 7) is 3.23. The van der Waals surface area contributed by atoms with Gasteiger partial charge in [-0.15, -0.1) is 0 Å². The van der Waals surface area contributed by atoms with Gasteiger partial charge in [0.05, 0.1) is 6.42 Å². The van der Waals surface area contributed by atoms with Crippen LogP contribution in [-0.4, -0.2) is 16.6 Å². The Bertz CT molecular complexity index is 345. The minimum Gasteiger partial charge on any atom is -0.300 e. The van der Waals surface area contributed by atoms with Crippen LogP contribution in [0.15, 0.2) is 18.5 Å². The summed E-state index contributed by atoms with van der Waals surface area (Å²) in [4.78, 5) is 26.0. The molecule has 0 saturated carbocycles. The molecular weight excluding hydrogens is 166 g/mol. The number of carbonyl (C=O) groups is 2. The van der Waals surface area contributed by atoms with Crippen molar-refractivity contribution >= 4 is 11.6 Å². The maximum Gasteiger partial charge on any atom is 0.172 e. The highest BCUT2D eigenvalue weighted by Crippen LogP contribution is 2.07. The maximum absolute atomic E-state index is 11.4. The van der Waals surface area contributed by atoms with Gasteiger partial charge in [0.2, 0.25) is 0 Å². The van der Waals surface area contributed by atoms with E-state index in [2.05, 4.69) is 4.98 Å². The van der Waals surface area contributed by atoms with Crippen LogP contribution in [-0.2, 0) is 4.79 Å². The molecule has 0 bridgehead atoms. The van der Waals surface area contributed by atoms with Crippen molar-refractivity contribution in [2.24, 2.45) is 0 Å². The molecule has 0 spiro atoms. The second-order valence-electron chi connectivity index (χ2n) is 2.99. The van der Waals surface area contributed by atoms with Crippen molar-refractivity contribution in [1.29, 1.82) is 0 Å². The molecule has 0 aromatic carbocycles. The van der Waals surface area contributed by atoms with Crippen molar-refractivity contribution in [1.82, 2.24) is 4.98 Å². The van der Waals surface area contributed by atoms with Crippen LogP contribution in [0.4, 0.5) is 0 Å². The molecule has 0 aliphatic heterocycles. The number of aryl methyl sites for hydroxylation is 1. The Hall–Kier alpha value is -1.51. The van der Waals surface area contributed by atoms with Crippen LogP contribution in [0.25, 0.3) is 0 Å². The largest absolute Gasteiger partial charge is 0.300 e. The fraction of sp³-hybridized carbons (Fsp3) is 0.300. The van der Waals surface area contributed by atoms with Gasteiger partial charge < -0.3 is 0 Å². The van der Waals surface area contributed by atoms with Gasteiger partial charge in [-0.3, -0.25) is 14.6 Å². The third kappa shape index (κ3) is 2.47. The monoisotopic (exact) mass is 177 g/mol. The molecule has 1 heterocycles. The van der Waals surface area contributed by atoms with Gasteiger partial charge in [-0.1, -0.05) is 0 Å². The SMILES string of the molecule is CC(=O)CC(=O)c1cnccc1C.